The molecule has 0 spiro atoms. The number of anilines is 1. The smallest absolute Gasteiger partial charge is 0.306 e. The summed E-state index contributed by atoms with van der Waals surface area (Å²) in [7, 11) is 0. The number of aromatic nitrogens is 3. The standard InChI is InChI=1S/C20H26N4O3/c1-5-16(25)27-20(3,4)12-24-15(11-26-6-2)23-17-18(24)13-9-7-8-10-14(13)22-19(17)21/h7-10H,5-6,11-12H2,1-4H3,(H2,21,22). The van der Waals surface area contributed by atoms with E-state index in [2.05, 4.69) is 4.98 Å². The van der Waals surface area contributed by atoms with Crippen molar-refractivity contribution in [2.75, 3.05) is 12.3 Å². The van der Waals surface area contributed by atoms with Crippen molar-refractivity contribution in [2.24, 2.45) is 0 Å². The topological polar surface area (TPSA) is 92.3 Å². The van der Waals surface area contributed by atoms with E-state index in [0.717, 1.165) is 22.2 Å². The minimum Gasteiger partial charge on any atom is -0.458 e. The van der Waals surface area contributed by atoms with E-state index in [0.29, 0.717) is 37.5 Å². The first-order chi connectivity index (χ1) is 12.9. The van der Waals surface area contributed by atoms with Gasteiger partial charge in [-0.15, -0.1) is 0 Å². The summed E-state index contributed by atoms with van der Waals surface area (Å²) < 4.78 is 13.3. The molecule has 0 aliphatic heterocycles. The van der Waals surface area contributed by atoms with Gasteiger partial charge in [-0.1, -0.05) is 25.1 Å². The zero-order valence-corrected chi connectivity index (χ0v) is 16.3. The summed E-state index contributed by atoms with van der Waals surface area (Å²) in [4.78, 5) is 21.0. The van der Waals surface area contributed by atoms with Gasteiger partial charge in [0.25, 0.3) is 0 Å². The van der Waals surface area contributed by atoms with Gasteiger partial charge in [-0.05, 0) is 26.8 Å². The Morgan fingerprint density at radius 2 is 1.96 bits per heavy atom. The van der Waals surface area contributed by atoms with Gasteiger partial charge in [-0.3, -0.25) is 4.79 Å². The van der Waals surface area contributed by atoms with Gasteiger partial charge in [0.15, 0.2) is 5.82 Å². The van der Waals surface area contributed by atoms with E-state index in [1.54, 1.807) is 6.92 Å². The number of hydrogen-bond acceptors (Lipinski definition) is 6. The summed E-state index contributed by atoms with van der Waals surface area (Å²) >= 11 is 0. The highest BCUT2D eigenvalue weighted by Gasteiger charge is 2.27. The van der Waals surface area contributed by atoms with Crippen molar-refractivity contribution < 1.29 is 14.3 Å². The molecule has 2 heterocycles. The molecule has 0 radical (unpaired) electrons. The summed E-state index contributed by atoms with van der Waals surface area (Å²) in [5.41, 5.74) is 7.80. The number of fused-ring (bicyclic) bond motifs is 3. The maximum atomic E-state index is 11.8. The first-order valence-electron chi connectivity index (χ1n) is 9.19. The first kappa shape index (κ1) is 19.1. The third kappa shape index (κ3) is 3.88. The number of para-hydroxylation sites is 1. The lowest BCUT2D eigenvalue weighted by Gasteiger charge is -2.27. The zero-order chi connectivity index (χ0) is 19.6. The predicted octanol–water partition coefficient (Wildman–Crippen LogP) is 3.44. The molecule has 0 saturated carbocycles. The molecule has 7 nitrogen and oxygen atoms in total. The molecular weight excluding hydrogens is 344 g/mol. The molecular formula is C20H26N4O3. The van der Waals surface area contributed by atoms with Crippen molar-refractivity contribution in [3.63, 3.8) is 0 Å². The highest BCUT2D eigenvalue weighted by Crippen LogP contribution is 2.30. The highest BCUT2D eigenvalue weighted by molar-refractivity contribution is 6.06. The van der Waals surface area contributed by atoms with E-state index in [4.69, 9.17) is 20.2 Å². The van der Waals surface area contributed by atoms with Crippen molar-refractivity contribution in [3.05, 3.63) is 30.1 Å². The van der Waals surface area contributed by atoms with E-state index >= 15 is 0 Å². The Hall–Kier alpha value is -2.67. The van der Waals surface area contributed by atoms with Gasteiger partial charge >= 0.3 is 5.97 Å². The lowest BCUT2D eigenvalue weighted by Crippen LogP contribution is -2.33. The summed E-state index contributed by atoms with van der Waals surface area (Å²) in [6, 6.07) is 7.81. The monoisotopic (exact) mass is 370 g/mol. The number of benzene rings is 1. The predicted molar refractivity (Wildman–Crippen MR) is 105 cm³/mol. The zero-order valence-electron chi connectivity index (χ0n) is 16.3. The molecule has 0 aliphatic rings. The molecule has 3 rings (SSSR count). The van der Waals surface area contributed by atoms with E-state index in [1.165, 1.54) is 0 Å². The third-order valence-electron chi connectivity index (χ3n) is 4.34. The van der Waals surface area contributed by atoms with Crippen LogP contribution in [0.4, 0.5) is 5.82 Å². The molecule has 144 valence electrons. The number of esters is 1. The molecule has 27 heavy (non-hydrogen) atoms. The van der Waals surface area contributed by atoms with Crippen LogP contribution in [0.1, 0.15) is 39.9 Å². The Labute approximate surface area is 158 Å². The fourth-order valence-corrected chi connectivity index (χ4v) is 3.17. The fraction of sp³-hybridized carbons (Fsp3) is 0.450. The van der Waals surface area contributed by atoms with Gasteiger partial charge in [0.1, 0.15) is 23.5 Å². The lowest BCUT2D eigenvalue weighted by molar-refractivity contribution is -0.157. The molecule has 1 aromatic carbocycles. The van der Waals surface area contributed by atoms with Crippen LogP contribution in [0.15, 0.2) is 24.3 Å². The second-order valence-corrected chi connectivity index (χ2v) is 7.05. The molecule has 0 fully saturated rings. The van der Waals surface area contributed by atoms with E-state index in [1.807, 2.05) is 49.6 Å². The van der Waals surface area contributed by atoms with Crippen LogP contribution in [-0.2, 0) is 27.4 Å². The molecule has 0 amide bonds. The first-order valence-corrected chi connectivity index (χ1v) is 9.19. The molecule has 3 aromatic rings. The van der Waals surface area contributed by atoms with Crippen molar-refractivity contribution in [1.29, 1.82) is 0 Å². The van der Waals surface area contributed by atoms with E-state index in [-0.39, 0.29) is 5.97 Å². The Kier molecular flexibility index (Phi) is 5.32. The van der Waals surface area contributed by atoms with Gasteiger partial charge in [-0.25, -0.2) is 9.97 Å². The second-order valence-electron chi connectivity index (χ2n) is 7.05. The van der Waals surface area contributed by atoms with Crippen LogP contribution in [0.2, 0.25) is 0 Å². The normalized spacial score (nSPS) is 12.0. The summed E-state index contributed by atoms with van der Waals surface area (Å²) in [5.74, 6) is 0.878. The third-order valence-corrected chi connectivity index (χ3v) is 4.34. The SMILES string of the molecule is CCOCc1nc2c(N)nc3ccccc3c2n1CC(C)(C)OC(=O)CC. The largest absolute Gasteiger partial charge is 0.458 e. The molecule has 0 saturated heterocycles. The van der Waals surface area contributed by atoms with Gasteiger partial charge < -0.3 is 19.8 Å². The van der Waals surface area contributed by atoms with Crippen molar-refractivity contribution in [2.45, 2.75) is 52.9 Å². The molecule has 2 aromatic heterocycles. The summed E-state index contributed by atoms with van der Waals surface area (Å²) in [6.07, 6.45) is 0.333. The average molecular weight is 370 g/mol. The number of nitrogens with zero attached hydrogens (tertiary/aromatic N) is 3. The number of ether oxygens (including phenoxy) is 2. The fourth-order valence-electron chi connectivity index (χ4n) is 3.17. The number of imidazole rings is 1. The number of nitrogens with two attached hydrogens (primary N) is 1. The molecule has 0 unspecified atom stereocenters. The van der Waals surface area contributed by atoms with Crippen LogP contribution in [0.3, 0.4) is 0 Å². The average Bonchev–Trinajstić information content (AvgIpc) is 2.98. The molecule has 0 atom stereocenters. The van der Waals surface area contributed by atoms with Crippen LogP contribution in [0.5, 0.6) is 0 Å². The van der Waals surface area contributed by atoms with Crippen molar-refractivity contribution in [3.8, 4) is 0 Å². The van der Waals surface area contributed by atoms with Crippen molar-refractivity contribution >= 4 is 33.7 Å². The van der Waals surface area contributed by atoms with Gasteiger partial charge in [-0.2, -0.15) is 0 Å². The van der Waals surface area contributed by atoms with E-state index < -0.39 is 5.60 Å². The van der Waals surface area contributed by atoms with E-state index in [9.17, 15) is 4.79 Å². The molecule has 7 heteroatoms. The lowest BCUT2D eigenvalue weighted by atomic mass is 10.1. The van der Waals surface area contributed by atoms with Gasteiger partial charge in [0, 0.05) is 18.4 Å². The molecule has 2 N–H and O–H groups in total. The number of pyridine rings is 1. The highest BCUT2D eigenvalue weighted by atomic mass is 16.6. The van der Waals surface area contributed by atoms with Gasteiger partial charge in [0.2, 0.25) is 0 Å². The number of hydrogen-bond donors (Lipinski definition) is 1. The molecule has 0 bridgehead atoms. The van der Waals surface area contributed by atoms with Gasteiger partial charge in [0.05, 0.1) is 17.6 Å². The number of carbonyl (C=O) groups excluding carboxylic acids is 1. The second kappa shape index (κ2) is 7.52. The quantitative estimate of drug-likeness (QED) is 0.641. The number of rotatable bonds is 7. The molecule has 0 aliphatic carbocycles. The minimum atomic E-state index is -0.708. The summed E-state index contributed by atoms with van der Waals surface area (Å²) in [6.45, 7) is 8.86. The Morgan fingerprint density at radius 1 is 1.22 bits per heavy atom. The van der Waals surface area contributed by atoms with Crippen LogP contribution in [0, 0.1) is 0 Å². The maximum Gasteiger partial charge on any atom is 0.306 e. The summed E-state index contributed by atoms with van der Waals surface area (Å²) in [5, 5.41) is 0.953. The Morgan fingerprint density at radius 3 is 2.67 bits per heavy atom. The van der Waals surface area contributed by atoms with Crippen molar-refractivity contribution in [1.82, 2.24) is 14.5 Å². The maximum absolute atomic E-state index is 11.8. The number of carbonyl (C=O) groups is 1. The minimum absolute atomic E-state index is 0.234. The number of nitrogen functional groups attached to an aromatic ring is 1. The van der Waals surface area contributed by atoms with Crippen LogP contribution in [0.25, 0.3) is 21.9 Å². The van der Waals surface area contributed by atoms with Crippen LogP contribution < -0.4 is 5.73 Å². The Bertz CT molecular complexity index is 978. The Balaban J connectivity index is 2.19. The van der Waals surface area contributed by atoms with Crippen LogP contribution in [-0.4, -0.2) is 32.7 Å². The van der Waals surface area contributed by atoms with Crippen LogP contribution >= 0.6 is 0 Å².